The van der Waals surface area contributed by atoms with Crippen LogP contribution in [0, 0.1) is 0 Å². The van der Waals surface area contributed by atoms with Crippen LogP contribution in [0.2, 0.25) is 0 Å². The molecule has 3 aromatic carbocycles. The van der Waals surface area contributed by atoms with E-state index in [-0.39, 0.29) is 109 Å². The summed E-state index contributed by atoms with van der Waals surface area (Å²) in [6, 6.07) is 1.94. The highest BCUT2D eigenvalue weighted by Crippen LogP contribution is 2.30. The number of carboxylic acid groups (broad SMARTS) is 3. The molecular weight excluding hydrogens is 1220 g/mol. The summed E-state index contributed by atoms with van der Waals surface area (Å²) in [7, 11) is 0. The maximum Gasteiger partial charge on any atom is 0.328 e. The van der Waals surface area contributed by atoms with Crippen LogP contribution in [-0.2, 0) is 57.4 Å². The van der Waals surface area contributed by atoms with Crippen LogP contribution in [0.15, 0.2) is 54.6 Å². The van der Waals surface area contributed by atoms with Gasteiger partial charge in [-0.25, -0.2) is 14.4 Å². The van der Waals surface area contributed by atoms with E-state index in [9.17, 15) is 87.2 Å². The molecule has 3 aromatic rings. The first-order valence-corrected chi connectivity index (χ1v) is 30.5. The predicted molar refractivity (Wildman–Crippen MR) is 325 cm³/mol. The van der Waals surface area contributed by atoms with Crippen molar-refractivity contribution in [3.8, 4) is 0 Å². The number of hydrogen-bond acceptors (Lipinski definition) is 18. The van der Waals surface area contributed by atoms with Crippen molar-refractivity contribution in [3.05, 3.63) is 88.0 Å². The van der Waals surface area contributed by atoms with Gasteiger partial charge in [-0.3, -0.25) is 57.5 Å². The number of esters is 3. The number of nitrogens with zero attached hydrogens (tertiary/aromatic N) is 3. The first-order valence-electron chi connectivity index (χ1n) is 30.5. The monoisotopic (exact) mass is 1290 g/mol. The molecule has 30 nitrogen and oxygen atoms in total. The van der Waals surface area contributed by atoms with Crippen LogP contribution in [-0.4, -0.2) is 193 Å². The number of hydrogen-bond donors (Lipinski definition) is 9. The summed E-state index contributed by atoms with van der Waals surface area (Å²) in [6.45, 7) is 9.03. The average molecular weight is 1290 g/mol. The lowest BCUT2D eigenvalue weighted by atomic mass is 10.0. The van der Waals surface area contributed by atoms with E-state index in [1.54, 1.807) is 0 Å². The maximum absolute atomic E-state index is 14.9. The Morgan fingerprint density at radius 1 is 0.419 bits per heavy atom. The molecule has 0 aliphatic carbocycles. The molecular formula is C63H75N9O21. The molecule has 498 valence electrons. The quantitative estimate of drug-likeness (QED) is 0.0544. The molecule has 3 fully saturated rings. The number of ether oxygens (including phenoxy) is 3. The van der Waals surface area contributed by atoms with Crippen molar-refractivity contribution in [1.82, 2.24) is 30.7 Å². The predicted octanol–water partition coefficient (Wildman–Crippen LogP) is 3.47. The lowest BCUT2D eigenvalue weighted by Crippen LogP contribution is -2.45. The van der Waals surface area contributed by atoms with Crippen molar-refractivity contribution in [3.63, 3.8) is 0 Å². The average Bonchev–Trinajstić information content (AvgIpc) is 1.80. The van der Waals surface area contributed by atoms with E-state index in [1.165, 1.54) is 74.4 Å². The van der Waals surface area contributed by atoms with Gasteiger partial charge >= 0.3 is 35.8 Å². The van der Waals surface area contributed by atoms with Gasteiger partial charge < -0.3 is 76.1 Å². The van der Waals surface area contributed by atoms with Crippen molar-refractivity contribution >= 4 is 106 Å². The summed E-state index contributed by atoms with van der Waals surface area (Å²) in [6.07, 6.45) is -4.20. The number of carbonyl (C=O) groups excluding carboxylic acids is 12. The second-order valence-corrected chi connectivity index (χ2v) is 23.7. The number of carboxylic acids is 3. The topological polar surface area (TPSA) is 426 Å². The second kappa shape index (κ2) is 31.2. The number of anilines is 3. The molecule has 7 rings (SSSR count). The van der Waals surface area contributed by atoms with Crippen LogP contribution in [0.4, 0.5) is 17.1 Å². The van der Waals surface area contributed by atoms with Crippen LogP contribution in [0.3, 0.4) is 0 Å². The fourth-order valence-electron chi connectivity index (χ4n) is 11.1. The molecule has 4 aliphatic heterocycles. The van der Waals surface area contributed by atoms with E-state index in [0.29, 0.717) is 0 Å². The molecule has 0 unspecified atom stereocenters. The zero-order valence-corrected chi connectivity index (χ0v) is 52.0. The second-order valence-electron chi connectivity index (χ2n) is 23.7. The minimum atomic E-state index is -1.53. The number of carbonyl (C=O) groups is 15. The van der Waals surface area contributed by atoms with Crippen LogP contribution in [0.5, 0.6) is 0 Å². The minimum absolute atomic E-state index is 0.0460. The number of fused-ring (bicyclic) bond motifs is 9. The Morgan fingerprint density at radius 3 is 0.892 bits per heavy atom. The largest absolute Gasteiger partial charge is 0.481 e. The fraction of sp³-hybridized carbons (Fsp3) is 0.476. The number of benzene rings is 3. The molecule has 3 saturated heterocycles. The molecule has 9 N–H and O–H groups in total. The molecule has 30 heteroatoms. The van der Waals surface area contributed by atoms with Gasteiger partial charge in [0.2, 0.25) is 17.7 Å². The summed E-state index contributed by atoms with van der Waals surface area (Å²) < 4.78 is 15.9. The Hall–Kier alpha value is -10.3. The SMILES string of the molecule is CC(C)OC(=O)[C@H](CCC(=O)O)NC(=O)c1cc2cc(c1)C(=O)N1CCC[C@H]1C(=O)Nc1cc(C(=O)N[C@@H](CCC(=O)O)C(=O)OC(C)C)cc(c1)C(=O)N1CCC[C@H]1C(=O)Nc1cc(C(=O)N[C@@H](CCC(=O)O)C(=O)OC(C)C)cc(c1)C(=O)N1CCC[C@H]1C(=O)N2. The standard InChI is InChI=1S/C63H75N9O21/c1-31(2)91-61(88)43(13-16-49(73)74)67-52(79)34-22-37-28-40(25-34)64-55(82)46-10-8-20-71(46)59(86)38-23-35(53(80)68-44(14-17-50(75)76)62(89)92-32(3)4)27-42(29-38)66-57(84)48-12-9-21-72(48)60(87)39-24-36(54(81)69-45(15-18-51(77)78)63(90)93-33(5)6)26-41(30-39)65-56(83)47-11-7-19-70(47)58(37)85/h22-33,43-48H,7-21H2,1-6H3,(H,64,82)(H,65,83)(H,66,84)(H,67,79)(H,68,80)(H,69,81)(H,73,74)(H,75,76)(H,77,78)/t43-,44-,45-,46-,47-,48-/m0/s1. The summed E-state index contributed by atoms with van der Waals surface area (Å²) in [5.41, 5.74) is -2.52. The lowest BCUT2D eigenvalue weighted by Gasteiger charge is -2.27. The van der Waals surface area contributed by atoms with Gasteiger partial charge in [-0.2, -0.15) is 0 Å². The van der Waals surface area contributed by atoms with Gasteiger partial charge in [0.05, 0.1) is 18.3 Å². The summed E-state index contributed by atoms with van der Waals surface area (Å²) in [5, 5.41) is 43.9. The number of rotatable bonds is 21. The van der Waals surface area contributed by atoms with Crippen molar-refractivity contribution in [2.45, 2.75) is 173 Å². The molecule has 6 atom stereocenters. The van der Waals surface area contributed by atoms with Crippen LogP contribution in [0.25, 0.3) is 0 Å². The van der Waals surface area contributed by atoms with Gasteiger partial charge in [0.25, 0.3) is 35.4 Å². The first-order chi connectivity index (χ1) is 44.0. The molecule has 0 radical (unpaired) electrons. The van der Waals surface area contributed by atoms with Gasteiger partial charge in [0, 0.05) is 89.3 Å². The Labute approximate surface area is 533 Å². The highest BCUT2D eigenvalue weighted by Gasteiger charge is 2.40. The molecule has 6 bridgehead atoms. The van der Waals surface area contributed by atoms with Crippen molar-refractivity contribution < 1.29 is 101 Å². The molecule has 0 aromatic heterocycles. The highest BCUT2D eigenvalue weighted by molar-refractivity contribution is 6.10. The van der Waals surface area contributed by atoms with Crippen LogP contribution in [0.1, 0.15) is 181 Å². The number of amides is 9. The Bertz CT molecular complexity index is 3140. The zero-order chi connectivity index (χ0) is 68.1. The van der Waals surface area contributed by atoms with E-state index in [4.69, 9.17) is 14.2 Å². The van der Waals surface area contributed by atoms with Gasteiger partial charge in [0.1, 0.15) is 36.3 Å². The van der Waals surface area contributed by atoms with Crippen molar-refractivity contribution in [2.75, 3.05) is 35.6 Å². The first kappa shape index (κ1) is 70.2. The molecule has 9 amide bonds. The number of aliphatic carboxylic acids is 3. The molecule has 4 heterocycles. The van der Waals surface area contributed by atoms with Crippen LogP contribution >= 0.6 is 0 Å². The van der Waals surface area contributed by atoms with E-state index in [0.717, 1.165) is 36.4 Å². The molecule has 0 saturated carbocycles. The highest BCUT2D eigenvalue weighted by atomic mass is 16.6. The zero-order valence-electron chi connectivity index (χ0n) is 52.0. The molecule has 93 heavy (non-hydrogen) atoms. The van der Waals surface area contributed by atoms with Gasteiger partial charge in [0.15, 0.2) is 0 Å². The third-order valence-electron chi connectivity index (χ3n) is 15.3. The van der Waals surface area contributed by atoms with Gasteiger partial charge in [-0.1, -0.05) is 0 Å². The van der Waals surface area contributed by atoms with Gasteiger partial charge in [-0.05, 0) is 154 Å². The van der Waals surface area contributed by atoms with E-state index in [2.05, 4.69) is 31.9 Å². The lowest BCUT2D eigenvalue weighted by molar-refractivity contribution is -0.151. The normalized spacial score (nSPS) is 18.5. The smallest absolute Gasteiger partial charge is 0.328 e. The van der Waals surface area contributed by atoms with Crippen LogP contribution < -0.4 is 31.9 Å². The molecule has 4 aliphatic rings. The minimum Gasteiger partial charge on any atom is -0.481 e. The third kappa shape index (κ3) is 18.7. The van der Waals surface area contributed by atoms with E-state index < -0.39 is 182 Å². The Balaban J connectivity index is 1.37. The van der Waals surface area contributed by atoms with E-state index in [1.807, 2.05) is 0 Å². The molecule has 0 spiro atoms. The summed E-state index contributed by atoms with van der Waals surface area (Å²) in [4.78, 5) is 210. The fourth-order valence-corrected chi connectivity index (χ4v) is 11.1. The third-order valence-corrected chi connectivity index (χ3v) is 15.3. The maximum atomic E-state index is 14.9. The van der Waals surface area contributed by atoms with Crippen molar-refractivity contribution in [1.29, 1.82) is 0 Å². The Kier molecular flexibility index (Phi) is 23.5. The van der Waals surface area contributed by atoms with Gasteiger partial charge in [-0.15, -0.1) is 0 Å². The van der Waals surface area contributed by atoms with E-state index >= 15 is 0 Å². The Morgan fingerprint density at radius 2 is 0.667 bits per heavy atom. The number of nitrogens with one attached hydrogen (secondary N) is 6. The van der Waals surface area contributed by atoms with Crippen molar-refractivity contribution in [2.24, 2.45) is 0 Å². The summed E-state index contributed by atoms with van der Waals surface area (Å²) >= 11 is 0. The summed E-state index contributed by atoms with van der Waals surface area (Å²) in [5.74, 6) is -15.0.